The molecule has 0 amide bonds. The molecule has 0 bridgehead atoms. The molecule has 0 radical (unpaired) electrons. The van der Waals surface area contributed by atoms with Gasteiger partial charge in [0.15, 0.2) is 5.13 Å². The maximum atomic E-state index is 10.1. The predicted octanol–water partition coefficient (Wildman–Crippen LogP) is 2.62. The molecule has 0 aliphatic carbocycles. The first-order chi connectivity index (χ1) is 9.03. The molecule has 1 aliphatic rings. The van der Waals surface area contributed by atoms with E-state index in [-0.39, 0.29) is 0 Å². The molecular formula is C14H19N3OS. The summed E-state index contributed by atoms with van der Waals surface area (Å²) >= 11 is 1.68. The number of anilines is 2. The molecule has 1 aromatic heterocycles. The quantitative estimate of drug-likeness (QED) is 0.787. The number of hydrogen-bond donors (Lipinski definition) is 2. The molecule has 1 fully saturated rings. The van der Waals surface area contributed by atoms with Crippen LogP contribution in [0, 0.1) is 0 Å². The Morgan fingerprint density at radius 1 is 1.37 bits per heavy atom. The summed E-state index contributed by atoms with van der Waals surface area (Å²) in [6, 6.07) is 5.84. The highest BCUT2D eigenvalue weighted by Gasteiger charge is 2.26. The minimum atomic E-state index is -0.532. The van der Waals surface area contributed by atoms with Gasteiger partial charge in [0.05, 0.1) is 15.8 Å². The molecular weight excluding hydrogens is 258 g/mol. The van der Waals surface area contributed by atoms with Crippen molar-refractivity contribution in [2.75, 3.05) is 23.7 Å². The molecule has 3 rings (SSSR count). The molecule has 0 saturated carbocycles. The molecule has 1 aromatic carbocycles. The fourth-order valence-electron chi connectivity index (χ4n) is 2.52. The third-order valence-electron chi connectivity index (χ3n) is 3.74. The maximum absolute atomic E-state index is 10.1. The summed E-state index contributed by atoms with van der Waals surface area (Å²) < 4.78 is 1.13. The summed E-state index contributed by atoms with van der Waals surface area (Å²) in [5, 5.41) is 11.2. The second kappa shape index (κ2) is 4.65. The Kier molecular flexibility index (Phi) is 3.11. The summed E-state index contributed by atoms with van der Waals surface area (Å²) in [5.41, 5.74) is 7.06. The van der Waals surface area contributed by atoms with Crippen LogP contribution in [0.4, 0.5) is 10.8 Å². The topological polar surface area (TPSA) is 62.4 Å². The van der Waals surface area contributed by atoms with Crippen LogP contribution in [-0.4, -0.2) is 28.8 Å². The molecule has 102 valence electrons. The van der Waals surface area contributed by atoms with E-state index < -0.39 is 5.60 Å². The van der Waals surface area contributed by atoms with Crippen LogP contribution in [-0.2, 0) is 0 Å². The minimum absolute atomic E-state index is 0.532. The van der Waals surface area contributed by atoms with E-state index in [2.05, 4.69) is 9.88 Å². The second-order valence-electron chi connectivity index (χ2n) is 5.56. The van der Waals surface area contributed by atoms with E-state index in [4.69, 9.17) is 5.73 Å². The van der Waals surface area contributed by atoms with Crippen molar-refractivity contribution in [3.8, 4) is 0 Å². The Balaban J connectivity index is 1.87. The van der Waals surface area contributed by atoms with Crippen LogP contribution < -0.4 is 10.6 Å². The smallest absolute Gasteiger partial charge is 0.186 e. The molecule has 1 atom stereocenters. The van der Waals surface area contributed by atoms with E-state index in [1.165, 1.54) is 0 Å². The first-order valence-corrected chi connectivity index (χ1v) is 7.49. The molecule has 3 N–H and O–H groups in total. The van der Waals surface area contributed by atoms with E-state index >= 15 is 0 Å². The van der Waals surface area contributed by atoms with E-state index in [0.717, 1.165) is 53.4 Å². The highest BCUT2D eigenvalue weighted by molar-refractivity contribution is 7.22. The third-order valence-corrected chi connectivity index (χ3v) is 4.81. The molecule has 2 aromatic rings. The summed E-state index contributed by atoms with van der Waals surface area (Å²) in [4.78, 5) is 6.95. The predicted molar refractivity (Wildman–Crippen MR) is 80.7 cm³/mol. The molecule has 1 saturated heterocycles. The van der Waals surface area contributed by atoms with Crippen molar-refractivity contribution in [2.24, 2.45) is 0 Å². The van der Waals surface area contributed by atoms with Gasteiger partial charge in [-0.05, 0) is 44.4 Å². The van der Waals surface area contributed by atoms with Crippen LogP contribution in [0.3, 0.4) is 0 Å². The van der Waals surface area contributed by atoms with Crippen LogP contribution in [0.2, 0.25) is 0 Å². The van der Waals surface area contributed by atoms with Gasteiger partial charge in [-0.25, -0.2) is 4.98 Å². The molecule has 1 aliphatic heterocycles. The molecule has 5 heteroatoms. The van der Waals surface area contributed by atoms with Gasteiger partial charge in [0, 0.05) is 18.8 Å². The van der Waals surface area contributed by atoms with Gasteiger partial charge in [-0.2, -0.15) is 0 Å². The van der Waals surface area contributed by atoms with Gasteiger partial charge in [-0.15, -0.1) is 0 Å². The SMILES string of the molecule is CC1(O)CCCN(c2nc3ccc(N)cc3s2)CC1. The first kappa shape index (κ1) is 12.7. The molecule has 2 heterocycles. The number of fused-ring (bicyclic) bond motifs is 1. The van der Waals surface area contributed by atoms with E-state index in [1.807, 2.05) is 25.1 Å². The fourth-order valence-corrected chi connectivity index (χ4v) is 3.58. The summed E-state index contributed by atoms with van der Waals surface area (Å²) in [6.45, 7) is 3.75. The van der Waals surface area contributed by atoms with E-state index in [0.29, 0.717) is 0 Å². The number of aromatic nitrogens is 1. The minimum Gasteiger partial charge on any atom is -0.399 e. The van der Waals surface area contributed by atoms with Crippen molar-refractivity contribution in [1.29, 1.82) is 0 Å². The number of aliphatic hydroxyl groups is 1. The molecule has 19 heavy (non-hydrogen) atoms. The van der Waals surface area contributed by atoms with Gasteiger partial charge < -0.3 is 15.7 Å². The second-order valence-corrected chi connectivity index (χ2v) is 6.57. The van der Waals surface area contributed by atoms with Crippen molar-refractivity contribution in [3.63, 3.8) is 0 Å². The third kappa shape index (κ3) is 2.67. The van der Waals surface area contributed by atoms with Crippen molar-refractivity contribution in [1.82, 2.24) is 4.98 Å². The highest BCUT2D eigenvalue weighted by atomic mass is 32.1. The van der Waals surface area contributed by atoms with Crippen LogP contribution in [0.25, 0.3) is 10.2 Å². The molecule has 4 nitrogen and oxygen atoms in total. The zero-order valence-electron chi connectivity index (χ0n) is 11.1. The van der Waals surface area contributed by atoms with Crippen LogP contribution >= 0.6 is 11.3 Å². The first-order valence-electron chi connectivity index (χ1n) is 6.67. The van der Waals surface area contributed by atoms with Crippen molar-refractivity contribution in [3.05, 3.63) is 18.2 Å². The number of nitrogens with zero attached hydrogens (tertiary/aromatic N) is 2. The van der Waals surface area contributed by atoms with Gasteiger partial charge >= 0.3 is 0 Å². The van der Waals surface area contributed by atoms with Gasteiger partial charge in [-0.1, -0.05) is 11.3 Å². The van der Waals surface area contributed by atoms with E-state index in [1.54, 1.807) is 11.3 Å². The van der Waals surface area contributed by atoms with Gasteiger partial charge in [0.1, 0.15) is 0 Å². The van der Waals surface area contributed by atoms with Crippen molar-refractivity contribution >= 4 is 32.4 Å². The Bertz CT molecular complexity index is 593. The number of nitrogen functional groups attached to an aromatic ring is 1. The lowest BCUT2D eigenvalue weighted by Crippen LogP contribution is -2.28. The van der Waals surface area contributed by atoms with Crippen LogP contribution in [0.1, 0.15) is 26.2 Å². The standard InChI is InChI=1S/C14H19N3OS/c1-14(18)5-2-7-17(8-6-14)13-16-11-4-3-10(15)9-12(11)19-13/h3-4,9,18H,2,5-8,15H2,1H3. The average molecular weight is 277 g/mol. The lowest BCUT2D eigenvalue weighted by atomic mass is 9.98. The van der Waals surface area contributed by atoms with Crippen molar-refractivity contribution < 1.29 is 5.11 Å². The zero-order chi connectivity index (χ0) is 13.5. The number of thiazole rings is 1. The van der Waals surface area contributed by atoms with Gasteiger partial charge in [0.2, 0.25) is 0 Å². The van der Waals surface area contributed by atoms with Crippen LogP contribution in [0.5, 0.6) is 0 Å². The molecule has 1 unspecified atom stereocenters. The largest absolute Gasteiger partial charge is 0.399 e. The molecule has 0 spiro atoms. The summed E-state index contributed by atoms with van der Waals surface area (Å²) in [6.07, 6.45) is 2.66. The number of nitrogens with two attached hydrogens (primary N) is 1. The monoisotopic (exact) mass is 277 g/mol. The average Bonchev–Trinajstić information content (AvgIpc) is 2.67. The lowest BCUT2D eigenvalue weighted by Gasteiger charge is -2.21. The summed E-state index contributed by atoms with van der Waals surface area (Å²) in [5.74, 6) is 0. The number of benzene rings is 1. The van der Waals surface area contributed by atoms with Gasteiger partial charge in [0.25, 0.3) is 0 Å². The Morgan fingerprint density at radius 2 is 2.21 bits per heavy atom. The highest BCUT2D eigenvalue weighted by Crippen LogP contribution is 2.32. The Labute approximate surface area is 116 Å². The number of rotatable bonds is 1. The Hall–Kier alpha value is -1.33. The number of hydrogen-bond acceptors (Lipinski definition) is 5. The lowest BCUT2D eigenvalue weighted by molar-refractivity contribution is 0.0481. The summed E-state index contributed by atoms with van der Waals surface area (Å²) in [7, 11) is 0. The normalized spacial score (nSPS) is 24.6. The zero-order valence-corrected chi connectivity index (χ0v) is 11.9. The van der Waals surface area contributed by atoms with Gasteiger partial charge in [-0.3, -0.25) is 0 Å². The van der Waals surface area contributed by atoms with Crippen LogP contribution in [0.15, 0.2) is 18.2 Å². The van der Waals surface area contributed by atoms with E-state index in [9.17, 15) is 5.11 Å². The fraction of sp³-hybridized carbons (Fsp3) is 0.500. The maximum Gasteiger partial charge on any atom is 0.186 e. The van der Waals surface area contributed by atoms with Crippen molar-refractivity contribution in [2.45, 2.75) is 31.8 Å². The Morgan fingerprint density at radius 3 is 3.05 bits per heavy atom.